The molecule has 0 bridgehead atoms. The Morgan fingerprint density at radius 1 is 1.50 bits per heavy atom. The number of piperidine rings is 1. The molecule has 1 unspecified atom stereocenters. The molecular formula is C16H23N5O2S. The number of carbonyl (C=O) groups excluding carboxylic acids is 1. The molecule has 2 aromatic rings. The normalized spacial score (nSPS) is 18.0. The Kier molecular flexibility index (Phi) is 5.13. The maximum atomic E-state index is 11.7. The molecule has 1 amide bonds. The summed E-state index contributed by atoms with van der Waals surface area (Å²) in [6.07, 6.45) is 3.84. The summed E-state index contributed by atoms with van der Waals surface area (Å²) in [5.41, 5.74) is 1.96. The molecule has 0 spiro atoms. The minimum atomic E-state index is 0.158. The average molecular weight is 349 g/mol. The van der Waals surface area contributed by atoms with Crippen molar-refractivity contribution in [2.45, 2.75) is 40.2 Å². The van der Waals surface area contributed by atoms with E-state index in [1.807, 2.05) is 18.7 Å². The van der Waals surface area contributed by atoms with Crippen LogP contribution in [-0.4, -0.2) is 45.0 Å². The molecule has 2 aromatic heterocycles. The Balaban J connectivity index is 1.74. The Bertz CT molecular complexity index is 698. The second-order valence-corrected chi connectivity index (χ2v) is 7.15. The lowest BCUT2D eigenvalue weighted by molar-refractivity contribution is -0.130. The van der Waals surface area contributed by atoms with E-state index in [0.29, 0.717) is 12.5 Å². The maximum absolute atomic E-state index is 11.7. The van der Waals surface area contributed by atoms with Crippen LogP contribution in [0.1, 0.15) is 36.8 Å². The van der Waals surface area contributed by atoms with E-state index in [1.54, 1.807) is 13.2 Å². The summed E-state index contributed by atoms with van der Waals surface area (Å²) in [5, 5.41) is 5.00. The number of aryl methyl sites for hydroxylation is 2. The van der Waals surface area contributed by atoms with Crippen molar-refractivity contribution in [1.82, 2.24) is 19.4 Å². The second-order valence-electron chi connectivity index (χ2n) is 6.42. The van der Waals surface area contributed by atoms with E-state index in [-0.39, 0.29) is 5.91 Å². The fraction of sp³-hybridized carbons (Fsp3) is 0.625. The van der Waals surface area contributed by atoms with Crippen molar-refractivity contribution in [3.8, 4) is 0 Å². The number of aromatic nitrogens is 3. The van der Waals surface area contributed by atoms with Gasteiger partial charge in [-0.3, -0.25) is 4.79 Å². The SMILES string of the molecule is CC(=O)N1CCCC(CN(Cc2nocc2C)c2nc(C)ns2)C1. The van der Waals surface area contributed by atoms with Crippen molar-refractivity contribution < 1.29 is 9.32 Å². The fourth-order valence-electron chi connectivity index (χ4n) is 3.08. The van der Waals surface area contributed by atoms with Gasteiger partial charge in [0.05, 0.1) is 6.54 Å². The standard InChI is InChI=1S/C16H23N5O2S/c1-11-10-23-18-15(11)9-21(16-17-12(2)19-24-16)8-14-5-4-6-20(7-14)13(3)22/h10,14H,4-9H2,1-3H3. The zero-order valence-corrected chi connectivity index (χ0v) is 15.2. The molecule has 0 radical (unpaired) electrons. The smallest absolute Gasteiger partial charge is 0.219 e. The minimum absolute atomic E-state index is 0.158. The number of carbonyl (C=O) groups is 1. The number of hydrogen-bond acceptors (Lipinski definition) is 7. The first kappa shape index (κ1) is 16.9. The third-order valence-electron chi connectivity index (χ3n) is 4.42. The van der Waals surface area contributed by atoms with Crippen LogP contribution >= 0.6 is 11.5 Å². The predicted octanol–water partition coefficient (Wildman–Crippen LogP) is 2.41. The number of amides is 1. The highest BCUT2D eigenvalue weighted by Gasteiger charge is 2.25. The van der Waals surface area contributed by atoms with Crippen LogP contribution in [0.3, 0.4) is 0 Å². The van der Waals surface area contributed by atoms with Gasteiger partial charge in [0.15, 0.2) is 0 Å². The van der Waals surface area contributed by atoms with Gasteiger partial charge in [-0.2, -0.15) is 4.37 Å². The second kappa shape index (κ2) is 7.29. The van der Waals surface area contributed by atoms with Gasteiger partial charge in [0.2, 0.25) is 11.0 Å². The van der Waals surface area contributed by atoms with Crippen molar-refractivity contribution in [2.24, 2.45) is 5.92 Å². The minimum Gasteiger partial charge on any atom is -0.364 e. The van der Waals surface area contributed by atoms with Crippen molar-refractivity contribution >= 4 is 22.6 Å². The highest BCUT2D eigenvalue weighted by molar-refractivity contribution is 7.09. The molecule has 1 fully saturated rings. The van der Waals surface area contributed by atoms with Gasteiger partial charge in [0.25, 0.3) is 0 Å². The lowest BCUT2D eigenvalue weighted by Gasteiger charge is -2.35. The van der Waals surface area contributed by atoms with Crippen LogP contribution < -0.4 is 4.90 Å². The number of hydrogen-bond donors (Lipinski definition) is 0. The summed E-state index contributed by atoms with van der Waals surface area (Å²) in [5.74, 6) is 1.37. The molecule has 8 heteroatoms. The first-order valence-electron chi connectivity index (χ1n) is 8.23. The number of likely N-dealkylation sites (tertiary alicyclic amines) is 1. The Hall–Kier alpha value is -1.96. The van der Waals surface area contributed by atoms with Gasteiger partial charge in [0.1, 0.15) is 17.8 Å². The third-order valence-corrected chi connectivity index (χ3v) is 5.29. The van der Waals surface area contributed by atoms with Crippen molar-refractivity contribution in [3.63, 3.8) is 0 Å². The molecule has 1 atom stereocenters. The van der Waals surface area contributed by atoms with Gasteiger partial charge in [0, 0.05) is 43.7 Å². The summed E-state index contributed by atoms with van der Waals surface area (Å²) < 4.78 is 9.37. The Labute approximate surface area is 145 Å². The summed E-state index contributed by atoms with van der Waals surface area (Å²) in [6, 6.07) is 0. The van der Waals surface area contributed by atoms with E-state index in [9.17, 15) is 4.79 Å². The van der Waals surface area contributed by atoms with Crippen LogP contribution in [0, 0.1) is 19.8 Å². The van der Waals surface area contributed by atoms with E-state index in [0.717, 1.165) is 54.7 Å². The zero-order valence-electron chi connectivity index (χ0n) is 14.4. The first-order chi connectivity index (χ1) is 11.5. The van der Waals surface area contributed by atoms with Crippen LogP contribution in [0.25, 0.3) is 0 Å². The molecule has 7 nitrogen and oxygen atoms in total. The van der Waals surface area contributed by atoms with E-state index in [4.69, 9.17) is 4.52 Å². The molecule has 1 aliphatic heterocycles. The largest absolute Gasteiger partial charge is 0.364 e. The maximum Gasteiger partial charge on any atom is 0.219 e. The van der Waals surface area contributed by atoms with E-state index < -0.39 is 0 Å². The Morgan fingerprint density at radius 2 is 2.33 bits per heavy atom. The third kappa shape index (κ3) is 3.92. The fourth-order valence-corrected chi connectivity index (χ4v) is 3.76. The molecule has 1 aliphatic rings. The lowest BCUT2D eigenvalue weighted by atomic mass is 9.97. The highest BCUT2D eigenvalue weighted by Crippen LogP contribution is 2.25. The molecule has 0 saturated carbocycles. The van der Waals surface area contributed by atoms with E-state index in [1.165, 1.54) is 11.5 Å². The summed E-state index contributed by atoms with van der Waals surface area (Å²) in [6.45, 7) is 8.70. The summed E-state index contributed by atoms with van der Waals surface area (Å²) in [4.78, 5) is 20.4. The molecule has 0 N–H and O–H groups in total. The van der Waals surface area contributed by atoms with Gasteiger partial charge in [-0.25, -0.2) is 4.98 Å². The number of rotatable bonds is 5. The summed E-state index contributed by atoms with van der Waals surface area (Å²) in [7, 11) is 0. The molecular weight excluding hydrogens is 326 g/mol. The van der Waals surface area contributed by atoms with Crippen LogP contribution in [0.5, 0.6) is 0 Å². The first-order valence-corrected chi connectivity index (χ1v) is 9.01. The monoisotopic (exact) mass is 349 g/mol. The van der Waals surface area contributed by atoms with Gasteiger partial charge in [-0.1, -0.05) is 5.16 Å². The number of anilines is 1. The topological polar surface area (TPSA) is 75.4 Å². The Morgan fingerprint density at radius 3 is 2.96 bits per heavy atom. The molecule has 3 rings (SSSR count). The highest BCUT2D eigenvalue weighted by atomic mass is 32.1. The molecule has 1 saturated heterocycles. The van der Waals surface area contributed by atoms with Crippen molar-refractivity contribution in [3.05, 3.63) is 23.3 Å². The zero-order chi connectivity index (χ0) is 17.1. The molecule has 0 aromatic carbocycles. The van der Waals surface area contributed by atoms with Gasteiger partial charge >= 0.3 is 0 Å². The summed E-state index contributed by atoms with van der Waals surface area (Å²) >= 11 is 1.41. The van der Waals surface area contributed by atoms with Gasteiger partial charge < -0.3 is 14.3 Å². The van der Waals surface area contributed by atoms with Crippen LogP contribution in [-0.2, 0) is 11.3 Å². The molecule has 0 aliphatic carbocycles. The van der Waals surface area contributed by atoms with Crippen molar-refractivity contribution in [2.75, 3.05) is 24.5 Å². The van der Waals surface area contributed by atoms with Crippen molar-refractivity contribution in [1.29, 1.82) is 0 Å². The average Bonchev–Trinajstić information content (AvgIpc) is 3.16. The lowest BCUT2D eigenvalue weighted by Crippen LogP contribution is -2.43. The van der Waals surface area contributed by atoms with Crippen LogP contribution in [0.15, 0.2) is 10.8 Å². The van der Waals surface area contributed by atoms with E-state index in [2.05, 4.69) is 19.4 Å². The quantitative estimate of drug-likeness (QED) is 0.825. The molecule has 24 heavy (non-hydrogen) atoms. The molecule has 130 valence electrons. The van der Waals surface area contributed by atoms with Gasteiger partial charge in [-0.15, -0.1) is 0 Å². The van der Waals surface area contributed by atoms with E-state index >= 15 is 0 Å². The van der Waals surface area contributed by atoms with Gasteiger partial charge in [-0.05, 0) is 32.6 Å². The predicted molar refractivity (Wildman–Crippen MR) is 91.9 cm³/mol. The van der Waals surface area contributed by atoms with Crippen LogP contribution in [0.2, 0.25) is 0 Å². The van der Waals surface area contributed by atoms with Crippen LogP contribution in [0.4, 0.5) is 5.13 Å². The molecule has 3 heterocycles. The number of nitrogens with zero attached hydrogens (tertiary/aromatic N) is 5.